The Morgan fingerprint density at radius 3 is 2.58 bits per heavy atom. The normalized spacial score (nSPS) is 10.9. The molecule has 0 aliphatic rings. The number of halogens is 2. The third kappa shape index (κ3) is 6.23. The molecule has 2 aromatic carbocycles. The van der Waals surface area contributed by atoms with Crippen molar-refractivity contribution >= 4 is 69.8 Å². The molecule has 2 heterocycles. The summed E-state index contributed by atoms with van der Waals surface area (Å²) in [5, 5.41) is 9.22. The maximum absolute atomic E-state index is 12.3. The molecule has 2 amide bonds. The predicted molar refractivity (Wildman–Crippen MR) is 145 cm³/mol. The zero-order valence-electron chi connectivity index (χ0n) is 18.8. The van der Waals surface area contributed by atoms with E-state index < -0.39 is 5.91 Å². The van der Waals surface area contributed by atoms with Crippen molar-refractivity contribution in [1.82, 2.24) is 5.32 Å². The second kappa shape index (κ2) is 11.3. The first-order chi connectivity index (χ1) is 17.3. The Kier molecular flexibility index (Phi) is 7.90. The van der Waals surface area contributed by atoms with Gasteiger partial charge in [-0.1, -0.05) is 29.3 Å². The summed E-state index contributed by atoms with van der Waals surface area (Å²) >= 11 is 17.5. The molecule has 10 heteroatoms. The van der Waals surface area contributed by atoms with Crippen LogP contribution in [-0.2, 0) is 4.79 Å². The first-order valence-corrected chi connectivity index (χ1v) is 11.8. The van der Waals surface area contributed by atoms with Crippen molar-refractivity contribution in [3.8, 4) is 11.3 Å². The van der Waals surface area contributed by atoms with Gasteiger partial charge >= 0.3 is 0 Å². The van der Waals surface area contributed by atoms with E-state index in [1.807, 2.05) is 6.92 Å². The summed E-state index contributed by atoms with van der Waals surface area (Å²) in [7, 11) is 0. The van der Waals surface area contributed by atoms with E-state index in [-0.39, 0.29) is 16.8 Å². The number of amides is 2. The van der Waals surface area contributed by atoms with Crippen molar-refractivity contribution in [1.29, 1.82) is 0 Å². The van der Waals surface area contributed by atoms with Crippen LogP contribution >= 0.6 is 35.4 Å². The van der Waals surface area contributed by atoms with Gasteiger partial charge in [-0.3, -0.25) is 14.9 Å². The molecule has 0 radical (unpaired) electrons. The van der Waals surface area contributed by atoms with Crippen LogP contribution in [0, 0.1) is 6.92 Å². The molecule has 0 saturated heterocycles. The third-order valence-electron chi connectivity index (χ3n) is 4.96. The van der Waals surface area contributed by atoms with Crippen molar-refractivity contribution in [3.05, 3.63) is 100 Å². The number of carbonyl (C=O) groups excluding carboxylic acids is 2. The van der Waals surface area contributed by atoms with Gasteiger partial charge in [0.05, 0.1) is 16.3 Å². The fourth-order valence-corrected chi connectivity index (χ4v) is 3.84. The minimum Gasteiger partial charge on any atom is -0.459 e. The Labute approximate surface area is 222 Å². The van der Waals surface area contributed by atoms with Crippen LogP contribution in [0.3, 0.4) is 0 Å². The number of aryl methyl sites for hydroxylation is 1. The lowest BCUT2D eigenvalue weighted by Gasteiger charge is -2.12. The molecule has 36 heavy (non-hydrogen) atoms. The van der Waals surface area contributed by atoms with E-state index in [0.29, 0.717) is 38.5 Å². The lowest BCUT2D eigenvalue weighted by atomic mass is 10.1. The summed E-state index contributed by atoms with van der Waals surface area (Å²) in [5.41, 5.74) is 2.71. The van der Waals surface area contributed by atoms with Gasteiger partial charge in [0.25, 0.3) is 5.91 Å². The number of hydrogen-bond donors (Lipinski definition) is 3. The molecule has 0 aliphatic carbocycles. The molecule has 2 aromatic heterocycles. The molecule has 0 atom stereocenters. The van der Waals surface area contributed by atoms with Gasteiger partial charge in [-0.2, -0.15) is 0 Å². The highest BCUT2D eigenvalue weighted by atomic mass is 35.5. The Morgan fingerprint density at radius 1 is 1.00 bits per heavy atom. The number of hydrogen-bond acceptors (Lipinski definition) is 5. The number of rotatable bonds is 6. The molecule has 182 valence electrons. The molecule has 3 N–H and O–H groups in total. The van der Waals surface area contributed by atoms with Gasteiger partial charge in [-0.05, 0) is 85.4 Å². The SMILES string of the molecule is Cc1cc(NC(=S)NC(=O)C=Cc2ccc(-c3cccc(Cl)c3Cl)o2)ccc1NC(=O)c1ccco1. The van der Waals surface area contributed by atoms with Crippen LogP contribution in [0.25, 0.3) is 17.4 Å². The van der Waals surface area contributed by atoms with E-state index in [4.69, 9.17) is 44.3 Å². The molecule has 0 unspecified atom stereocenters. The molecular formula is C26H19Cl2N3O4S. The maximum atomic E-state index is 12.3. The fourth-order valence-electron chi connectivity index (χ4n) is 3.23. The number of furan rings is 2. The summed E-state index contributed by atoms with van der Waals surface area (Å²) in [4.78, 5) is 24.4. The summed E-state index contributed by atoms with van der Waals surface area (Å²) in [6.45, 7) is 1.83. The molecule has 0 saturated carbocycles. The summed E-state index contributed by atoms with van der Waals surface area (Å²) in [6.07, 6.45) is 4.25. The highest BCUT2D eigenvalue weighted by Crippen LogP contribution is 2.34. The van der Waals surface area contributed by atoms with Crippen LogP contribution in [-0.4, -0.2) is 16.9 Å². The number of carbonyl (C=O) groups is 2. The zero-order valence-corrected chi connectivity index (χ0v) is 21.1. The van der Waals surface area contributed by atoms with Crippen LogP contribution in [0.2, 0.25) is 10.0 Å². The quantitative estimate of drug-likeness (QED) is 0.181. The van der Waals surface area contributed by atoms with Crippen molar-refractivity contribution in [2.24, 2.45) is 0 Å². The predicted octanol–water partition coefficient (Wildman–Crippen LogP) is 6.93. The lowest BCUT2D eigenvalue weighted by molar-refractivity contribution is -0.115. The van der Waals surface area contributed by atoms with Crippen molar-refractivity contribution in [2.75, 3.05) is 10.6 Å². The van der Waals surface area contributed by atoms with Gasteiger partial charge in [0, 0.05) is 23.0 Å². The second-order valence-electron chi connectivity index (χ2n) is 7.54. The smallest absolute Gasteiger partial charge is 0.291 e. The second-order valence-corrected chi connectivity index (χ2v) is 8.73. The average Bonchev–Trinajstić information content (AvgIpc) is 3.54. The third-order valence-corrected chi connectivity index (χ3v) is 5.98. The first-order valence-electron chi connectivity index (χ1n) is 10.6. The Balaban J connectivity index is 1.32. The summed E-state index contributed by atoms with van der Waals surface area (Å²) < 4.78 is 10.8. The molecular weight excluding hydrogens is 521 g/mol. The van der Waals surface area contributed by atoms with Crippen LogP contribution in [0.15, 0.2) is 81.8 Å². The Hall–Kier alpha value is -3.85. The highest BCUT2D eigenvalue weighted by Gasteiger charge is 2.12. The van der Waals surface area contributed by atoms with Crippen LogP contribution in [0.4, 0.5) is 11.4 Å². The van der Waals surface area contributed by atoms with E-state index in [0.717, 1.165) is 5.56 Å². The molecule has 7 nitrogen and oxygen atoms in total. The lowest BCUT2D eigenvalue weighted by Crippen LogP contribution is -2.32. The van der Waals surface area contributed by atoms with Crippen molar-refractivity contribution < 1.29 is 18.4 Å². The van der Waals surface area contributed by atoms with Gasteiger partial charge in [0.1, 0.15) is 11.5 Å². The van der Waals surface area contributed by atoms with E-state index >= 15 is 0 Å². The molecule has 4 rings (SSSR count). The average molecular weight is 540 g/mol. The van der Waals surface area contributed by atoms with Gasteiger partial charge in [-0.15, -0.1) is 0 Å². The van der Waals surface area contributed by atoms with E-state index in [2.05, 4.69) is 16.0 Å². The topological polar surface area (TPSA) is 96.5 Å². The van der Waals surface area contributed by atoms with Gasteiger partial charge in [0.15, 0.2) is 10.9 Å². The summed E-state index contributed by atoms with van der Waals surface area (Å²) in [5.74, 6) is 0.410. The standard InChI is InChI=1S/C26H19Cl2N3O4S/c1-15-14-16(7-10-20(15)30-25(33)22-6-3-13-34-22)29-26(36)31-23(32)12-9-17-8-11-21(35-17)18-4-2-5-19(27)24(18)28/h2-14H,1H3,(H,30,33)(H2,29,31,32,36). The van der Waals surface area contributed by atoms with Gasteiger partial charge < -0.3 is 19.5 Å². The van der Waals surface area contributed by atoms with Gasteiger partial charge in [-0.25, -0.2) is 0 Å². The monoisotopic (exact) mass is 539 g/mol. The fraction of sp³-hybridized carbons (Fsp3) is 0.0385. The zero-order chi connectivity index (χ0) is 25.7. The van der Waals surface area contributed by atoms with E-state index in [1.54, 1.807) is 60.7 Å². The molecule has 4 aromatic rings. The minimum absolute atomic E-state index is 0.113. The number of nitrogens with one attached hydrogen (secondary N) is 3. The van der Waals surface area contributed by atoms with E-state index in [9.17, 15) is 9.59 Å². The van der Waals surface area contributed by atoms with Crippen molar-refractivity contribution in [2.45, 2.75) is 6.92 Å². The molecule has 0 spiro atoms. The highest BCUT2D eigenvalue weighted by molar-refractivity contribution is 7.80. The maximum Gasteiger partial charge on any atom is 0.291 e. The van der Waals surface area contributed by atoms with Gasteiger partial charge in [0.2, 0.25) is 5.91 Å². The molecule has 0 fully saturated rings. The van der Waals surface area contributed by atoms with Crippen LogP contribution in [0.1, 0.15) is 21.9 Å². The number of anilines is 2. The number of benzene rings is 2. The largest absolute Gasteiger partial charge is 0.459 e. The van der Waals surface area contributed by atoms with Crippen LogP contribution < -0.4 is 16.0 Å². The molecule has 0 aliphatic heterocycles. The minimum atomic E-state index is -0.440. The Morgan fingerprint density at radius 2 is 1.83 bits per heavy atom. The van der Waals surface area contributed by atoms with Crippen molar-refractivity contribution in [3.63, 3.8) is 0 Å². The first kappa shape index (κ1) is 25.2. The van der Waals surface area contributed by atoms with Crippen LogP contribution in [0.5, 0.6) is 0 Å². The number of thiocarbonyl (C=S) groups is 1. The van der Waals surface area contributed by atoms with E-state index in [1.165, 1.54) is 18.4 Å². The Bertz CT molecular complexity index is 1460. The summed E-state index contributed by atoms with van der Waals surface area (Å²) in [6, 6.07) is 17.2. The molecule has 0 bridgehead atoms.